The molecule has 0 aliphatic carbocycles. The smallest absolute Gasteiger partial charge is 0.178 e. The van der Waals surface area contributed by atoms with E-state index in [1.807, 2.05) is 24.3 Å². The Morgan fingerprint density at radius 1 is 0.510 bits per heavy atom. The van der Waals surface area contributed by atoms with Gasteiger partial charge in [0.25, 0.3) is 0 Å². The summed E-state index contributed by atoms with van der Waals surface area (Å²) in [7, 11) is 0. The van der Waals surface area contributed by atoms with Crippen molar-refractivity contribution >= 4 is 54.4 Å². The predicted octanol–water partition coefficient (Wildman–Crippen LogP) is 10.7. The minimum atomic E-state index is 0.609. The van der Waals surface area contributed by atoms with Crippen molar-refractivity contribution in [2.75, 3.05) is 0 Å². The number of fused-ring (bicyclic) bond motifs is 10. The lowest BCUT2D eigenvalue weighted by atomic mass is 10.0. The topological polar surface area (TPSA) is 57.8 Å². The molecule has 0 saturated heterocycles. The third-order valence-corrected chi connectivity index (χ3v) is 9.78. The Morgan fingerprint density at radius 3 is 2.08 bits per heavy atom. The van der Waals surface area contributed by atoms with Crippen LogP contribution in [0.5, 0.6) is 11.5 Å². The van der Waals surface area contributed by atoms with Crippen molar-refractivity contribution < 1.29 is 4.74 Å². The first kappa shape index (κ1) is 26.3. The van der Waals surface area contributed by atoms with Gasteiger partial charge in [-0.2, -0.15) is 0 Å². The van der Waals surface area contributed by atoms with Crippen molar-refractivity contribution in [3.05, 3.63) is 152 Å². The summed E-state index contributed by atoms with van der Waals surface area (Å²) in [5.41, 5.74) is 9.23. The van der Waals surface area contributed by atoms with E-state index in [9.17, 15) is 0 Å². The highest BCUT2D eigenvalue weighted by atomic mass is 16.5. The van der Waals surface area contributed by atoms with Gasteiger partial charge in [-0.05, 0) is 53.9 Å². The van der Waals surface area contributed by atoms with Gasteiger partial charge in [0.15, 0.2) is 17.3 Å². The molecule has 0 fully saturated rings. The zero-order chi connectivity index (χ0) is 32.1. The Labute approximate surface area is 280 Å². The van der Waals surface area contributed by atoms with Crippen LogP contribution in [-0.4, -0.2) is 24.1 Å². The maximum Gasteiger partial charge on any atom is 0.178 e. The van der Waals surface area contributed by atoms with Crippen LogP contribution >= 0.6 is 0 Å². The van der Waals surface area contributed by atoms with Crippen LogP contribution < -0.4 is 4.74 Å². The first-order valence-electron chi connectivity index (χ1n) is 16.4. The van der Waals surface area contributed by atoms with Gasteiger partial charge in [0.2, 0.25) is 0 Å². The molecule has 5 heterocycles. The normalized spacial score (nSPS) is 12.2. The van der Waals surface area contributed by atoms with Gasteiger partial charge in [0.1, 0.15) is 5.69 Å². The second-order valence-electron chi connectivity index (χ2n) is 12.5. The molecule has 228 valence electrons. The second-order valence-corrected chi connectivity index (χ2v) is 12.5. The highest BCUT2D eigenvalue weighted by molar-refractivity contribution is 6.30. The number of benzene rings is 6. The number of ether oxygens (including phenoxy) is 1. The molecule has 0 saturated carbocycles. The summed E-state index contributed by atoms with van der Waals surface area (Å²) < 4.78 is 11.4. The summed E-state index contributed by atoms with van der Waals surface area (Å²) in [5.74, 6) is 2.31. The quantitative estimate of drug-likeness (QED) is 0.196. The average molecular weight is 628 g/mol. The molecule has 0 bridgehead atoms. The molecule has 0 unspecified atom stereocenters. The molecular weight excluding hydrogens is 603 g/mol. The lowest BCUT2D eigenvalue weighted by molar-refractivity contribution is 0.477. The van der Waals surface area contributed by atoms with Crippen LogP contribution in [0.25, 0.3) is 88.5 Å². The number of para-hydroxylation sites is 4. The fourth-order valence-corrected chi connectivity index (χ4v) is 7.77. The van der Waals surface area contributed by atoms with Gasteiger partial charge in [0.05, 0.1) is 33.4 Å². The van der Waals surface area contributed by atoms with E-state index in [1.54, 1.807) is 12.4 Å². The van der Waals surface area contributed by atoms with Gasteiger partial charge in [-0.3, -0.25) is 0 Å². The fourth-order valence-electron chi connectivity index (χ4n) is 7.77. The molecule has 0 radical (unpaired) electrons. The Kier molecular flexibility index (Phi) is 5.29. The molecule has 4 aromatic heterocycles. The summed E-state index contributed by atoms with van der Waals surface area (Å²) >= 11 is 0. The first-order chi connectivity index (χ1) is 24.3. The van der Waals surface area contributed by atoms with Crippen LogP contribution in [0.1, 0.15) is 0 Å². The maximum absolute atomic E-state index is 6.71. The number of rotatable bonds is 3. The minimum absolute atomic E-state index is 0.609. The van der Waals surface area contributed by atoms with Crippen LogP contribution in [-0.2, 0) is 0 Å². The van der Waals surface area contributed by atoms with Crippen LogP contribution in [0.4, 0.5) is 0 Å². The summed E-state index contributed by atoms with van der Waals surface area (Å²) in [5, 5.41) is 6.93. The summed E-state index contributed by atoms with van der Waals surface area (Å²) in [4.78, 5) is 14.3. The van der Waals surface area contributed by atoms with Gasteiger partial charge in [-0.1, -0.05) is 84.9 Å². The van der Waals surface area contributed by atoms with E-state index in [1.165, 1.54) is 27.1 Å². The lowest BCUT2D eigenvalue weighted by Gasteiger charge is -2.21. The van der Waals surface area contributed by atoms with Gasteiger partial charge in [-0.15, -0.1) is 0 Å². The average Bonchev–Trinajstić information content (AvgIpc) is 3.69. The van der Waals surface area contributed by atoms with Gasteiger partial charge >= 0.3 is 0 Å². The molecule has 6 aromatic carbocycles. The Balaban J connectivity index is 1.20. The van der Waals surface area contributed by atoms with E-state index in [0.717, 1.165) is 67.1 Å². The summed E-state index contributed by atoms with van der Waals surface area (Å²) in [6, 6.07) is 48.8. The van der Waals surface area contributed by atoms with Crippen molar-refractivity contribution in [3.8, 4) is 45.6 Å². The highest BCUT2D eigenvalue weighted by Crippen LogP contribution is 2.50. The van der Waals surface area contributed by atoms with E-state index < -0.39 is 0 Å². The summed E-state index contributed by atoms with van der Waals surface area (Å²) in [6.07, 6.45) is 3.52. The third-order valence-electron chi connectivity index (χ3n) is 9.78. The van der Waals surface area contributed by atoms with Gasteiger partial charge < -0.3 is 13.9 Å². The Morgan fingerprint density at radius 2 is 1.22 bits per heavy atom. The third kappa shape index (κ3) is 3.68. The van der Waals surface area contributed by atoms with Crippen molar-refractivity contribution in [2.24, 2.45) is 0 Å². The molecule has 1 aliphatic heterocycles. The number of hydrogen-bond acceptors (Lipinski definition) is 4. The second kappa shape index (κ2) is 9.86. The van der Waals surface area contributed by atoms with E-state index in [4.69, 9.17) is 9.72 Å². The number of nitrogens with zero attached hydrogens (tertiary/aromatic N) is 5. The number of hydrogen-bond donors (Lipinski definition) is 0. The maximum atomic E-state index is 6.71. The molecule has 6 heteroatoms. The molecule has 49 heavy (non-hydrogen) atoms. The zero-order valence-corrected chi connectivity index (χ0v) is 26.1. The number of pyridine rings is 1. The van der Waals surface area contributed by atoms with Crippen LogP contribution in [0.3, 0.4) is 0 Å². The van der Waals surface area contributed by atoms with Crippen molar-refractivity contribution in [3.63, 3.8) is 0 Å². The van der Waals surface area contributed by atoms with Gasteiger partial charge in [0, 0.05) is 56.6 Å². The van der Waals surface area contributed by atoms with Crippen LogP contribution in [0.2, 0.25) is 0 Å². The highest BCUT2D eigenvalue weighted by Gasteiger charge is 2.28. The van der Waals surface area contributed by atoms with Gasteiger partial charge in [-0.25, -0.2) is 15.0 Å². The van der Waals surface area contributed by atoms with Crippen molar-refractivity contribution in [1.29, 1.82) is 0 Å². The Bertz CT molecular complexity index is 2980. The Hall–Kier alpha value is -6.79. The van der Waals surface area contributed by atoms with E-state index >= 15 is 0 Å². The van der Waals surface area contributed by atoms with Crippen LogP contribution in [0, 0.1) is 0 Å². The molecule has 11 rings (SSSR count). The molecule has 10 aromatic rings. The lowest BCUT2D eigenvalue weighted by Crippen LogP contribution is -2.04. The molecule has 1 aliphatic rings. The molecule has 0 amide bonds. The predicted molar refractivity (Wildman–Crippen MR) is 197 cm³/mol. The van der Waals surface area contributed by atoms with Crippen molar-refractivity contribution in [2.45, 2.75) is 0 Å². The summed E-state index contributed by atoms with van der Waals surface area (Å²) in [6.45, 7) is 0. The van der Waals surface area contributed by atoms with E-state index in [-0.39, 0.29) is 0 Å². The SMILES string of the molecule is c1cnc(-c2nc(-c3cccc(-n4c5ccccc5c5c6c7ccccc7n7c6c(cc54)Oc4ccccc4-7)c3)cc3ccccc23)nc1. The monoisotopic (exact) mass is 627 g/mol. The largest absolute Gasteiger partial charge is 0.453 e. The standard InChI is InChI=1S/C43H25N5O/c1-2-14-29-26(11-1)24-32(46-41(29)43-44-21-10-22-45-43)27-12-9-13-28(23-27)47-33-17-5-3-15-30(33)39-36(47)25-38-42-40(39)31-16-4-6-18-34(31)48(42)35-19-7-8-20-37(35)49-38/h1-25H. The molecular formula is C43H25N5O. The fraction of sp³-hybridized carbons (Fsp3) is 0. The molecule has 0 N–H and O–H groups in total. The van der Waals surface area contributed by atoms with Crippen molar-refractivity contribution in [1.82, 2.24) is 24.1 Å². The van der Waals surface area contributed by atoms with E-state index in [0.29, 0.717) is 5.82 Å². The van der Waals surface area contributed by atoms with E-state index in [2.05, 4.69) is 134 Å². The molecule has 0 atom stereocenters. The zero-order valence-electron chi connectivity index (χ0n) is 26.1. The minimum Gasteiger partial charge on any atom is -0.453 e. The number of aromatic nitrogens is 5. The van der Waals surface area contributed by atoms with Crippen LogP contribution in [0.15, 0.2) is 152 Å². The molecule has 6 nitrogen and oxygen atoms in total. The molecule has 0 spiro atoms. The first-order valence-corrected chi connectivity index (χ1v) is 16.4.